The highest BCUT2D eigenvalue weighted by Crippen LogP contribution is 2.13. The minimum atomic E-state index is -0.297. The Balaban J connectivity index is 1.36. The molecular formula is C33H59N5O3. The summed E-state index contributed by atoms with van der Waals surface area (Å²) in [6.45, 7) is 3.54. The third-order valence-corrected chi connectivity index (χ3v) is 8.34. The summed E-state index contributed by atoms with van der Waals surface area (Å²) in [5.41, 5.74) is 0.359. The van der Waals surface area contributed by atoms with Crippen LogP contribution in [-0.4, -0.2) is 31.1 Å². The molecule has 8 heteroatoms. The number of hydrogen-bond donors (Lipinski definition) is 1. The minimum Gasteiger partial charge on any atom is -0.356 e. The van der Waals surface area contributed by atoms with E-state index < -0.39 is 0 Å². The van der Waals surface area contributed by atoms with Gasteiger partial charge in [-0.05, 0) is 19.3 Å². The van der Waals surface area contributed by atoms with Crippen molar-refractivity contribution < 1.29 is 4.79 Å². The van der Waals surface area contributed by atoms with Gasteiger partial charge in [-0.1, -0.05) is 122 Å². The van der Waals surface area contributed by atoms with E-state index in [2.05, 4.69) is 17.2 Å². The van der Waals surface area contributed by atoms with Gasteiger partial charge in [0.05, 0.1) is 6.33 Å². The molecule has 1 N–H and O–H groups in total. The van der Waals surface area contributed by atoms with Crippen LogP contribution < -0.4 is 16.6 Å². The Bertz CT molecular complexity index is 1100. The molecule has 0 aromatic carbocycles. The molecule has 0 saturated carbocycles. The van der Waals surface area contributed by atoms with Crippen LogP contribution in [0.15, 0.2) is 15.9 Å². The zero-order chi connectivity index (χ0) is 29.7. The molecule has 0 saturated heterocycles. The van der Waals surface area contributed by atoms with E-state index in [4.69, 9.17) is 0 Å². The van der Waals surface area contributed by atoms with Crippen LogP contribution in [0.4, 0.5) is 0 Å². The van der Waals surface area contributed by atoms with Crippen LogP contribution in [-0.2, 0) is 25.4 Å². The normalized spacial score (nSPS) is 11.5. The first-order valence-corrected chi connectivity index (χ1v) is 16.8. The molecule has 0 atom stereocenters. The zero-order valence-electron chi connectivity index (χ0n) is 26.6. The average Bonchev–Trinajstić information content (AvgIpc) is 3.36. The van der Waals surface area contributed by atoms with Crippen LogP contribution in [0.25, 0.3) is 11.2 Å². The molecule has 0 unspecified atom stereocenters. The van der Waals surface area contributed by atoms with E-state index in [-0.39, 0.29) is 17.2 Å². The smallest absolute Gasteiger partial charge is 0.332 e. The van der Waals surface area contributed by atoms with Crippen LogP contribution in [0, 0.1) is 0 Å². The fourth-order valence-electron chi connectivity index (χ4n) is 5.67. The number of nitrogens with one attached hydrogen (secondary N) is 1. The molecule has 0 radical (unpaired) electrons. The van der Waals surface area contributed by atoms with Gasteiger partial charge in [0.1, 0.15) is 0 Å². The molecule has 41 heavy (non-hydrogen) atoms. The monoisotopic (exact) mass is 573 g/mol. The van der Waals surface area contributed by atoms with Gasteiger partial charge < -0.3 is 9.88 Å². The van der Waals surface area contributed by atoms with Crippen LogP contribution >= 0.6 is 0 Å². The van der Waals surface area contributed by atoms with Crippen LogP contribution in [0.5, 0.6) is 0 Å². The van der Waals surface area contributed by atoms with Gasteiger partial charge in [0.25, 0.3) is 5.56 Å². The second-order valence-electron chi connectivity index (χ2n) is 12.0. The minimum absolute atomic E-state index is 0.203. The quantitative estimate of drug-likeness (QED) is 0.128. The fourth-order valence-corrected chi connectivity index (χ4v) is 5.67. The van der Waals surface area contributed by atoms with Crippen molar-refractivity contribution in [1.82, 2.24) is 24.0 Å². The van der Waals surface area contributed by atoms with Crippen molar-refractivity contribution in [3.63, 3.8) is 0 Å². The first-order valence-electron chi connectivity index (χ1n) is 16.8. The molecule has 0 aliphatic carbocycles. The highest BCUT2D eigenvalue weighted by molar-refractivity contribution is 5.75. The first-order chi connectivity index (χ1) is 20.0. The Morgan fingerprint density at radius 2 is 1.20 bits per heavy atom. The standard InChI is InChI=1S/C33H59N5O3/c1-4-5-6-7-8-9-10-11-12-14-17-20-23-26-34-29(39)25-22-19-16-13-15-18-21-24-27-38-32(40)30-31(35-28-36(30)2)37(3)33(38)41/h28H,4-27H2,1-3H3,(H,34,39). The summed E-state index contributed by atoms with van der Waals surface area (Å²) >= 11 is 0. The predicted molar refractivity (Wildman–Crippen MR) is 170 cm³/mol. The summed E-state index contributed by atoms with van der Waals surface area (Å²) in [4.78, 5) is 41.5. The molecule has 2 aromatic heterocycles. The number of rotatable bonds is 25. The second kappa shape index (κ2) is 21.3. The zero-order valence-corrected chi connectivity index (χ0v) is 26.6. The summed E-state index contributed by atoms with van der Waals surface area (Å²) in [6.07, 6.45) is 28.2. The number of carbonyl (C=O) groups excluding carboxylic acids is 1. The van der Waals surface area contributed by atoms with Crippen molar-refractivity contribution >= 4 is 17.1 Å². The number of hydrogen-bond acceptors (Lipinski definition) is 4. The van der Waals surface area contributed by atoms with Crippen molar-refractivity contribution in [2.24, 2.45) is 14.1 Å². The van der Waals surface area contributed by atoms with Gasteiger partial charge in [-0.3, -0.25) is 18.7 Å². The third kappa shape index (κ3) is 13.4. The van der Waals surface area contributed by atoms with E-state index in [1.807, 2.05) is 0 Å². The number of amides is 1. The maximum atomic E-state index is 12.7. The van der Waals surface area contributed by atoms with E-state index in [1.54, 1.807) is 25.0 Å². The number of nitrogens with zero attached hydrogens (tertiary/aromatic N) is 4. The Hall–Kier alpha value is -2.38. The molecular weight excluding hydrogens is 514 g/mol. The van der Waals surface area contributed by atoms with Crippen molar-refractivity contribution in [2.75, 3.05) is 6.54 Å². The molecule has 0 aliphatic heterocycles. The fraction of sp³-hybridized carbons (Fsp3) is 0.818. The average molecular weight is 574 g/mol. The topological polar surface area (TPSA) is 90.9 Å². The molecule has 1 amide bonds. The molecule has 0 aliphatic rings. The van der Waals surface area contributed by atoms with E-state index in [0.717, 1.165) is 57.9 Å². The lowest BCUT2D eigenvalue weighted by atomic mass is 10.0. The Morgan fingerprint density at radius 3 is 1.76 bits per heavy atom. The maximum absolute atomic E-state index is 12.7. The summed E-state index contributed by atoms with van der Waals surface area (Å²) in [7, 11) is 3.44. The predicted octanol–water partition coefficient (Wildman–Crippen LogP) is 7.15. The Labute approximate surface area is 248 Å². The van der Waals surface area contributed by atoms with E-state index in [1.165, 1.54) is 92.6 Å². The third-order valence-electron chi connectivity index (χ3n) is 8.34. The molecule has 2 rings (SSSR count). The van der Waals surface area contributed by atoms with Crippen LogP contribution in [0.3, 0.4) is 0 Å². The van der Waals surface area contributed by atoms with Crippen molar-refractivity contribution in [3.05, 3.63) is 27.2 Å². The first kappa shape index (κ1) is 34.8. The van der Waals surface area contributed by atoms with E-state index in [0.29, 0.717) is 24.1 Å². The summed E-state index contributed by atoms with van der Waals surface area (Å²) in [5.74, 6) is 0.203. The van der Waals surface area contributed by atoms with Crippen molar-refractivity contribution in [2.45, 2.75) is 155 Å². The van der Waals surface area contributed by atoms with E-state index in [9.17, 15) is 14.4 Å². The van der Waals surface area contributed by atoms with Gasteiger partial charge in [0, 0.05) is 33.6 Å². The van der Waals surface area contributed by atoms with Crippen LogP contribution in [0.1, 0.15) is 148 Å². The SMILES string of the molecule is CCCCCCCCCCCCCCCNC(=O)CCCCCCCCCCn1c(=O)c2c(ncn2C)n(C)c1=O. The summed E-state index contributed by atoms with van der Waals surface area (Å²) in [6, 6.07) is 0. The number of fused-ring (bicyclic) bond motifs is 1. The number of aryl methyl sites for hydroxylation is 2. The van der Waals surface area contributed by atoms with Gasteiger partial charge in [0.15, 0.2) is 11.2 Å². The van der Waals surface area contributed by atoms with Gasteiger partial charge >= 0.3 is 5.69 Å². The van der Waals surface area contributed by atoms with Gasteiger partial charge in [-0.15, -0.1) is 0 Å². The highest BCUT2D eigenvalue weighted by atomic mass is 16.2. The largest absolute Gasteiger partial charge is 0.356 e. The van der Waals surface area contributed by atoms with Gasteiger partial charge in [-0.2, -0.15) is 0 Å². The molecule has 2 heterocycles. The van der Waals surface area contributed by atoms with Crippen molar-refractivity contribution in [1.29, 1.82) is 0 Å². The number of carbonyl (C=O) groups is 1. The molecule has 2 aromatic rings. The summed E-state index contributed by atoms with van der Waals surface area (Å²) < 4.78 is 4.47. The Kier molecular flexibility index (Phi) is 18.1. The molecule has 0 bridgehead atoms. The lowest BCUT2D eigenvalue weighted by molar-refractivity contribution is -0.121. The number of aromatic nitrogens is 4. The number of imidazole rings is 1. The molecule has 8 nitrogen and oxygen atoms in total. The highest BCUT2D eigenvalue weighted by Gasteiger charge is 2.14. The Morgan fingerprint density at radius 1 is 0.707 bits per heavy atom. The van der Waals surface area contributed by atoms with E-state index >= 15 is 0 Å². The summed E-state index contributed by atoms with van der Waals surface area (Å²) in [5, 5.41) is 3.09. The molecule has 0 spiro atoms. The number of unbranched alkanes of at least 4 members (excludes halogenated alkanes) is 19. The maximum Gasteiger partial charge on any atom is 0.332 e. The lowest BCUT2D eigenvalue weighted by Crippen LogP contribution is -2.39. The lowest BCUT2D eigenvalue weighted by Gasteiger charge is -2.08. The van der Waals surface area contributed by atoms with Gasteiger partial charge in [0.2, 0.25) is 5.91 Å². The second-order valence-corrected chi connectivity index (χ2v) is 12.0. The van der Waals surface area contributed by atoms with Crippen LogP contribution in [0.2, 0.25) is 0 Å². The molecule has 234 valence electrons. The van der Waals surface area contributed by atoms with Gasteiger partial charge in [-0.25, -0.2) is 9.78 Å². The van der Waals surface area contributed by atoms with Crippen molar-refractivity contribution in [3.8, 4) is 0 Å². The molecule has 0 fully saturated rings.